The molecule has 0 saturated carbocycles. The minimum atomic E-state index is 0.384. The average Bonchev–Trinajstić information content (AvgIpc) is 2.75. The highest BCUT2D eigenvalue weighted by Gasteiger charge is 2.10. The summed E-state index contributed by atoms with van der Waals surface area (Å²) in [6.45, 7) is 0.792. The molecular formula is C13H17N3O2. The smallest absolute Gasteiger partial charge is 0.169 e. The fraction of sp³-hybridized carbons (Fsp3) is 0.308. The van der Waals surface area contributed by atoms with Crippen molar-refractivity contribution in [1.29, 1.82) is 0 Å². The van der Waals surface area contributed by atoms with Gasteiger partial charge in [-0.1, -0.05) is 5.16 Å². The number of benzene rings is 1. The molecule has 0 fully saturated rings. The summed E-state index contributed by atoms with van der Waals surface area (Å²) in [6.07, 6.45) is 0. The van der Waals surface area contributed by atoms with Gasteiger partial charge < -0.3 is 19.9 Å². The van der Waals surface area contributed by atoms with E-state index in [-0.39, 0.29) is 0 Å². The maximum Gasteiger partial charge on any atom is 0.169 e. The Labute approximate surface area is 106 Å². The normalized spacial score (nSPS) is 10.9. The molecule has 1 aromatic heterocycles. The highest BCUT2D eigenvalue weighted by molar-refractivity contribution is 5.62. The van der Waals surface area contributed by atoms with Gasteiger partial charge in [0.1, 0.15) is 5.75 Å². The molecule has 0 saturated heterocycles. The number of rotatable bonds is 4. The van der Waals surface area contributed by atoms with Crippen LogP contribution in [0.25, 0.3) is 11.3 Å². The lowest BCUT2D eigenvalue weighted by molar-refractivity contribution is 0.372. The van der Waals surface area contributed by atoms with E-state index in [0.29, 0.717) is 11.6 Å². The molecule has 96 valence electrons. The molecule has 0 radical (unpaired) electrons. The zero-order chi connectivity index (χ0) is 13.1. The number of methoxy groups -OCH3 is 1. The molecule has 0 spiro atoms. The summed E-state index contributed by atoms with van der Waals surface area (Å²) in [5, 5.41) is 3.69. The summed E-state index contributed by atoms with van der Waals surface area (Å²) < 4.78 is 10.5. The number of anilines is 1. The first-order valence-electron chi connectivity index (χ1n) is 5.64. The number of nitrogen functional groups attached to an aromatic ring is 1. The molecular weight excluding hydrogens is 230 g/mol. The van der Waals surface area contributed by atoms with Gasteiger partial charge in [-0.25, -0.2) is 0 Å². The van der Waals surface area contributed by atoms with Gasteiger partial charge in [-0.05, 0) is 32.3 Å². The molecule has 2 aromatic rings. The van der Waals surface area contributed by atoms with Gasteiger partial charge in [0.2, 0.25) is 0 Å². The van der Waals surface area contributed by atoms with Crippen molar-refractivity contribution in [3.63, 3.8) is 0 Å². The Hall–Kier alpha value is -2.01. The Morgan fingerprint density at radius 3 is 2.67 bits per heavy atom. The van der Waals surface area contributed by atoms with E-state index in [4.69, 9.17) is 15.0 Å². The number of aromatic nitrogens is 1. The molecule has 2 N–H and O–H groups in total. The maximum absolute atomic E-state index is 5.55. The Balaban J connectivity index is 2.38. The van der Waals surface area contributed by atoms with Crippen molar-refractivity contribution in [1.82, 2.24) is 10.1 Å². The molecule has 0 atom stereocenters. The second-order valence-corrected chi connectivity index (χ2v) is 4.38. The Bertz CT molecular complexity index is 535. The van der Waals surface area contributed by atoms with Crippen LogP contribution in [0.5, 0.6) is 5.75 Å². The molecule has 1 aromatic carbocycles. The van der Waals surface area contributed by atoms with Gasteiger partial charge in [-0.2, -0.15) is 0 Å². The minimum absolute atomic E-state index is 0.384. The molecule has 0 aliphatic rings. The van der Waals surface area contributed by atoms with Gasteiger partial charge in [0.05, 0.1) is 7.11 Å². The van der Waals surface area contributed by atoms with Crippen LogP contribution < -0.4 is 10.5 Å². The fourth-order valence-electron chi connectivity index (χ4n) is 1.82. The predicted molar refractivity (Wildman–Crippen MR) is 70.3 cm³/mol. The Kier molecular flexibility index (Phi) is 3.53. The van der Waals surface area contributed by atoms with Crippen molar-refractivity contribution in [2.75, 3.05) is 26.9 Å². The SMILES string of the molecule is COc1ccc(-c2cc(N)no2)cc1CN(C)C. The summed E-state index contributed by atoms with van der Waals surface area (Å²) in [5.74, 6) is 1.91. The lowest BCUT2D eigenvalue weighted by Crippen LogP contribution is -2.11. The summed E-state index contributed by atoms with van der Waals surface area (Å²) >= 11 is 0. The number of nitrogens with two attached hydrogens (primary N) is 1. The van der Waals surface area contributed by atoms with Gasteiger partial charge in [-0.3, -0.25) is 0 Å². The van der Waals surface area contributed by atoms with E-state index in [1.807, 2.05) is 32.3 Å². The monoisotopic (exact) mass is 247 g/mol. The number of nitrogens with zero attached hydrogens (tertiary/aromatic N) is 2. The zero-order valence-electron chi connectivity index (χ0n) is 10.8. The first-order chi connectivity index (χ1) is 8.60. The van der Waals surface area contributed by atoms with Crippen LogP contribution >= 0.6 is 0 Å². The molecule has 18 heavy (non-hydrogen) atoms. The Morgan fingerprint density at radius 2 is 2.11 bits per heavy atom. The molecule has 2 rings (SSSR count). The van der Waals surface area contributed by atoms with Gasteiger partial charge in [0.15, 0.2) is 11.6 Å². The average molecular weight is 247 g/mol. The number of hydrogen-bond acceptors (Lipinski definition) is 5. The largest absolute Gasteiger partial charge is 0.496 e. The van der Waals surface area contributed by atoms with Crippen molar-refractivity contribution in [2.24, 2.45) is 0 Å². The highest BCUT2D eigenvalue weighted by atomic mass is 16.5. The first-order valence-corrected chi connectivity index (χ1v) is 5.64. The summed E-state index contributed by atoms with van der Waals surface area (Å²) in [4.78, 5) is 2.08. The second-order valence-electron chi connectivity index (χ2n) is 4.38. The van der Waals surface area contributed by atoms with E-state index >= 15 is 0 Å². The number of hydrogen-bond donors (Lipinski definition) is 1. The predicted octanol–water partition coefficient (Wildman–Crippen LogP) is 1.99. The van der Waals surface area contributed by atoms with Crippen LogP contribution in [-0.2, 0) is 6.54 Å². The fourth-order valence-corrected chi connectivity index (χ4v) is 1.82. The molecule has 0 aliphatic carbocycles. The van der Waals surface area contributed by atoms with Gasteiger partial charge in [0, 0.05) is 23.7 Å². The van der Waals surface area contributed by atoms with Crippen LogP contribution in [0.4, 0.5) is 5.82 Å². The van der Waals surface area contributed by atoms with Crippen molar-refractivity contribution in [3.05, 3.63) is 29.8 Å². The van der Waals surface area contributed by atoms with Crippen LogP contribution in [0.15, 0.2) is 28.8 Å². The van der Waals surface area contributed by atoms with E-state index in [1.54, 1.807) is 13.2 Å². The van der Waals surface area contributed by atoms with Gasteiger partial charge in [-0.15, -0.1) is 0 Å². The minimum Gasteiger partial charge on any atom is -0.496 e. The molecule has 5 nitrogen and oxygen atoms in total. The molecule has 5 heteroatoms. The van der Waals surface area contributed by atoms with Crippen LogP contribution in [-0.4, -0.2) is 31.3 Å². The van der Waals surface area contributed by atoms with E-state index in [0.717, 1.165) is 23.4 Å². The third-order valence-electron chi connectivity index (χ3n) is 2.58. The van der Waals surface area contributed by atoms with Crippen molar-refractivity contribution >= 4 is 5.82 Å². The molecule has 0 aliphatic heterocycles. The van der Waals surface area contributed by atoms with Gasteiger partial charge >= 0.3 is 0 Å². The zero-order valence-corrected chi connectivity index (χ0v) is 10.8. The van der Waals surface area contributed by atoms with Gasteiger partial charge in [0.25, 0.3) is 0 Å². The second kappa shape index (κ2) is 5.10. The maximum atomic E-state index is 5.55. The lowest BCUT2D eigenvalue weighted by Gasteiger charge is -2.14. The summed E-state index contributed by atoms with van der Waals surface area (Å²) in [6, 6.07) is 7.59. The van der Waals surface area contributed by atoms with Crippen LogP contribution in [0, 0.1) is 0 Å². The molecule has 0 bridgehead atoms. The van der Waals surface area contributed by atoms with E-state index in [2.05, 4.69) is 10.1 Å². The van der Waals surface area contributed by atoms with Crippen LogP contribution in [0.1, 0.15) is 5.56 Å². The quantitative estimate of drug-likeness (QED) is 0.895. The third-order valence-corrected chi connectivity index (χ3v) is 2.58. The topological polar surface area (TPSA) is 64.5 Å². The van der Waals surface area contributed by atoms with Crippen molar-refractivity contribution < 1.29 is 9.26 Å². The molecule has 0 amide bonds. The number of ether oxygens (including phenoxy) is 1. The lowest BCUT2D eigenvalue weighted by atomic mass is 10.1. The molecule has 0 unspecified atom stereocenters. The third kappa shape index (κ3) is 2.62. The Morgan fingerprint density at radius 1 is 1.33 bits per heavy atom. The van der Waals surface area contributed by atoms with E-state index < -0.39 is 0 Å². The molecule has 1 heterocycles. The van der Waals surface area contributed by atoms with Crippen LogP contribution in [0.3, 0.4) is 0 Å². The van der Waals surface area contributed by atoms with Crippen LogP contribution in [0.2, 0.25) is 0 Å². The highest BCUT2D eigenvalue weighted by Crippen LogP contribution is 2.28. The van der Waals surface area contributed by atoms with E-state index in [1.165, 1.54) is 0 Å². The standard InChI is InChI=1S/C13H17N3O2/c1-16(2)8-10-6-9(4-5-11(10)17-3)12-7-13(14)15-18-12/h4-7H,8H2,1-3H3,(H2,14,15). The van der Waals surface area contributed by atoms with E-state index in [9.17, 15) is 0 Å². The van der Waals surface area contributed by atoms with Crippen molar-refractivity contribution in [3.8, 4) is 17.1 Å². The van der Waals surface area contributed by atoms with Crippen molar-refractivity contribution in [2.45, 2.75) is 6.54 Å². The summed E-state index contributed by atoms with van der Waals surface area (Å²) in [7, 11) is 5.69. The summed E-state index contributed by atoms with van der Waals surface area (Å²) in [5.41, 5.74) is 7.59. The first kappa shape index (κ1) is 12.4.